The fraction of sp³-hybridized carbons (Fsp3) is 0.0667. The van der Waals surface area contributed by atoms with Crippen LogP contribution in [0.2, 0.25) is 0 Å². The zero-order chi connectivity index (χ0) is 19.1. The lowest BCUT2D eigenvalue weighted by Gasteiger charge is -2.08. The van der Waals surface area contributed by atoms with Crippen molar-refractivity contribution in [1.29, 1.82) is 0 Å². The van der Waals surface area contributed by atoms with E-state index in [2.05, 4.69) is 15.4 Å². The average Bonchev–Trinajstić information content (AvgIpc) is 3.05. The molecule has 2 heterocycles. The van der Waals surface area contributed by atoms with Crippen LogP contribution in [0.5, 0.6) is 0 Å². The van der Waals surface area contributed by atoms with Gasteiger partial charge in [-0.15, -0.1) is 0 Å². The first-order valence-electron chi connectivity index (χ1n) is 6.99. The van der Waals surface area contributed by atoms with Crippen LogP contribution in [0, 0.1) is 23.5 Å². The number of pyridine rings is 1. The number of sulfone groups is 1. The summed E-state index contributed by atoms with van der Waals surface area (Å²) in [5, 5.41) is 6.07. The second kappa shape index (κ2) is 6.41. The van der Waals surface area contributed by atoms with Gasteiger partial charge in [0.2, 0.25) is 11.6 Å². The molecule has 136 valence electrons. The highest BCUT2D eigenvalue weighted by Gasteiger charge is 2.21. The number of aromatic nitrogens is 3. The van der Waals surface area contributed by atoms with Gasteiger partial charge >= 0.3 is 0 Å². The van der Waals surface area contributed by atoms with Gasteiger partial charge in [-0.05, 0) is 12.1 Å². The minimum Gasteiger partial charge on any atom is -0.348 e. The second-order valence-electron chi connectivity index (χ2n) is 5.23. The fourth-order valence-electron chi connectivity index (χ4n) is 2.22. The molecule has 0 aliphatic heterocycles. The normalized spacial score (nSPS) is 11.6. The van der Waals surface area contributed by atoms with E-state index in [9.17, 15) is 26.0 Å². The number of rotatable bonds is 4. The lowest BCUT2D eigenvalue weighted by molar-refractivity contribution is 0.411. The molecule has 0 amide bonds. The van der Waals surface area contributed by atoms with Gasteiger partial charge in [-0.2, -0.15) is 27.6 Å². The molecule has 0 aliphatic rings. The summed E-state index contributed by atoms with van der Waals surface area (Å²) < 4.78 is 78.5. The molecule has 0 spiro atoms. The first-order chi connectivity index (χ1) is 12.2. The average molecular weight is 386 g/mol. The minimum absolute atomic E-state index is 0.0204. The highest BCUT2D eigenvalue weighted by Crippen LogP contribution is 2.27. The zero-order valence-corrected chi connectivity index (χ0v) is 13.9. The minimum atomic E-state index is -3.56. The van der Waals surface area contributed by atoms with Crippen LogP contribution in [0.3, 0.4) is 0 Å². The first-order valence-corrected chi connectivity index (χ1v) is 8.88. The molecule has 1 N–H and O–H groups in total. The molecule has 0 unspecified atom stereocenters. The number of benzene rings is 1. The SMILES string of the molecule is CS(=O)(=O)c1ccccc1-n1cc(Nc2c(F)c(F)nc(F)c2F)cn1. The third-order valence-electron chi connectivity index (χ3n) is 3.36. The Morgan fingerprint density at radius 3 is 2.27 bits per heavy atom. The smallest absolute Gasteiger partial charge is 0.253 e. The summed E-state index contributed by atoms with van der Waals surface area (Å²) in [5.74, 6) is -7.01. The van der Waals surface area contributed by atoms with Gasteiger partial charge in [-0.25, -0.2) is 13.1 Å². The van der Waals surface area contributed by atoms with E-state index in [1.165, 1.54) is 24.4 Å². The highest BCUT2D eigenvalue weighted by atomic mass is 32.2. The van der Waals surface area contributed by atoms with Gasteiger partial charge in [0, 0.05) is 6.26 Å². The van der Waals surface area contributed by atoms with E-state index in [4.69, 9.17) is 0 Å². The summed E-state index contributed by atoms with van der Waals surface area (Å²) in [4.78, 5) is 2.44. The summed E-state index contributed by atoms with van der Waals surface area (Å²) in [7, 11) is -3.56. The molecule has 1 aromatic carbocycles. The Bertz CT molecular complexity index is 1070. The summed E-state index contributed by atoms with van der Waals surface area (Å²) in [5.41, 5.74) is -0.918. The van der Waals surface area contributed by atoms with E-state index < -0.39 is 39.1 Å². The lowest BCUT2D eigenvalue weighted by Crippen LogP contribution is -2.06. The molecule has 0 aliphatic carbocycles. The molecule has 3 aromatic rings. The van der Waals surface area contributed by atoms with E-state index in [0.29, 0.717) is 0 Å². The topological polar surface area (TPSA) is 76.9 Å². The van der Waals surface area contributed by atoms with Crippen molar-refractivity contribution in [3.8, 4) is 5.69 Å². The lowest BCUT2D eigenvalue weighted by atomic mass is 10.3. The molecular formula is C15H10F4N4O2S. The zero-order valence-electron chi connectivity index (χ0n) is 13.0. The van der Waals surface area contributed by atoms with Gasteiger partial charge < -0.3 is 5.32 Å². The monoisotopic (exact) mass is 386 g/mol. The summed E-state index contributed by atoms with van der Waals surface area (Å²) in [6.45, 7) is 0. The van der Waals surface area contributed by atoms with Gasteiger partial charge in [-0.3, -0.25) is 0 Å². The largest absolute Gasteiger partial charge is 0.348 e. The Morgan fingerprint density at radius 2 is 1.65 bits per heavy atom. The summed E-state index contributed by atoms with van der Waals surface area (Å²) >= 11 is 0. The van der Waals surface area contributed by atoms with Gasteiger partial charge in [0.1, 0.15) is 5.69 Å². The Hall–Kier alpha value is -2.95. The van der Waals surface area contributed by atoms with Gasteiger partial charge in [0.25, 0.3) is 11.9 Å². The van der Waals surface area contributed by atoms with Crippen molar-refractivity contribution in [3.05, 3.63) is 60.2 Å². The van der Waals surface area contributed by atoms with Crippen molar-refractivity contribution in [2.24, 2.45) is 0 Å². The summed E-state index contributed by atoms with van der Waals surface area (Å²) in [6.07, 6.45) is 3.33. The van der Waals surface area contributed by atoms with Crippen LogP contribution in [-0.2, 0) is 9.84 Å². The van der Waals surface area contributed by atoms with Gasteiger partial charge in [0.15, 0.2) is 9.84 Å². The quantitative estimate of drug-likeness (QED) is 0.551. The third-order valence-corrected chi connectivity index (χ3v) is 4.51. The molecule has 3 rings (SSSR count). The van der Waals surface area contributed by atoms with Crippen molar-refractivity contribution in [3.63, 3.8) is 0 Å². The van der Waals surface area contributed by atoms with Crippen molar-refractivity contribution < 1.29 is 26.0 Å². The summed E-state index contributed by atoms with van der Waals surface area (Å²) in [6, 6.07) is 5.94. The van der Waals surface area contributed by atoms with Crippen molar-refractivity contribution in [2.45, 2.75) is 4.90 Å². The van der Waals surface area contributed by atoms with E-state index in [1.54, 1.807) is 6.07 Å². The van der Waals surface area contributed by atoms with E-state index in [0.717, 1.165) is 17.1 Å². The van der Waals surface area contributed by atoms with Crippen LogP contribution < -0.4 is 5.32 Å². The maximum atomic E-state index is 13.7. The van der Waals surface area contributed by atoms with Crippen LogP contribution in [0.15, 0.2) is 41.6 Å². The standard InChI is InChI=1S/C15H10F4N4O2S/c1-26(24,25)10-5-3-2-4-9(10)23-7-8(6-20-23)21-13-11(16)14(18)22-15(19)12(13)17/h2-7H,1H3,(H,21,22). The van der Waals surface area contributed by atoms with Crippen LogP contribution in [0.25, 0.3) is 5.69 Å². The van der Waals surface area contributed by atoms with Crippen LogP contribution in [0.4, 0.5) is 28.9 Å². The van der Waals surface area contributed by atoms with E-state index >= 15 is 0 Å². The van der Waals surface area contributed by atoms with Crippen LogP contribution in [0.1, 0.15) is 0 Å². The Morgan fingerprint density at radius 1 is 1.04 bits per heavy atom. The first kappa shape index (κ1) is 17.9. The van der Waals surface area contributed by atoms with Crippen LogP contribution >= 0.6 is 0 Å². The fourth-order valence-corrected chi connectivity index (χ4v) is 3.09. The number of halogens is 4. The third kappa shape index (κ3) is 3.25. The molecule has 6 nitrogen and oxygen atoms in total. The Balaban J connectivity index is 2.02. The number of nitrogens with zero attached hydrogens (tertiary/aromatic N) is 3. The van der Waals surface area contributed by atoms with Crippen LogP contribution in [-0.4, -0.2) is 29.4 Å². The maximum absolute atomic E-state index is 13.7. The van der Waals surface area contributed by atoms with Crippen molar-refractivity contribution >= 4 is 21.2 Å². The highest BCUT2D eigenvalue weighted by molar-refractivity contribution is 7.90. The molecule has 11 heteroatoms. The van der Waals surface area contributed by atoms with Crippen molar-refractivity contribution in [1.82, 2.24) is 14.8 Å². The van der Waals surface area contributed by atoms with E-state index in [1.807, 2.05) is 0 Å². The number of nitrogens with one attached hydrogen (secondary N) is 1. The molecule has 26 heavy (non-hydrogen) atoms. The van der Waals surface area contributed by atoms with E-state index in [-0.39, 0.29) is 16.3 Å². The van der Waals surface area contributed by atoms with Crippen molar-refractivity contribution in [2.75, 3.05) is 11.6 Å². The number of para-hydroxylation sites is 1. The number of hydrogen-bond donors (Lipinski definition) is 1. The van der Waals surface area contributed by atoms with Gasteiger partial charge in [-0.1, -0.05) is 12.1 Å². The molecule has 0 bridgehead atoms. The van der Waals surface area contributed by atoms with Gasteiger partial charge in [0.05, 0.1) is 28.7 Å². The molecule has 0 atom stereocenters. The molecule has 2 aromatic heterocycles. The Labute approximate surface area is 145 Å². The predicted octanol–water partition coefficient (Wildman–Crippen LogP) is 2.97. The Kier molecular flexibility index (Phi) is 4.40. The molecular weight excluding hydrogens is 376 g/mol. The number of anilines is 2. The second-order valence-corrected chi connectivity index (χ2v) is 7.22. The molecule has 0 radical (unpaired) electrons. The maximum Gasteiger partial charge on any atom is 0.253 e. The predicted molar refractivity (Wildman–Crippen MR) is 84.0 cm³/mol. The molecule has 0 saturated heterocycles. The molecule has 0 saturated carbocycles. The number of hydrogen-bond acceptors (Lipinski definition) is 5. The molecule has 0 fully saturated rings.